The van der Waals surface area contributed by atoms with Gasteiger partial charge in [-0.15, -0.1) is 0 Å². The average molecular weight is 318 g/mol. The molecule has 2 N–H and O–H groups in total. The lowest BCUT2D eigenvalue weighted by atomic mass is 10.2. The van der Waals surface area contributed by atoms with E-state index in [9.17, 15) is 4.79 Å². The van der Waals surface area contributed by atoms with Crippen LogP contribution in [0.25, 0.3) is 0 Å². The van der Waals surface area contributed by atoms with Crippen LogP contribution < -0.4 is 10.6 Å². The van der Waals surface area contributed by atoms with Crippen LogP contribution in [-0.2, 0) is 0 Å². The second kappa shape index (κ2) is 7.27. The highest BCUT2D eigenvalue weighted by Gasteiger charge is 2.11. The Hall–Kier alpha value is -2.07. The van der Waals surface area contributed by atoms with Gasteiger partial charge in [-0.1, -0.05) is 24.6 Å². The number of benzene rings is 1. The molecule has 0 aliphatic rings. The van der Waals surface area contributed by atoms with Crippen LogP contribution in [0.15, 0.2) is 36.5 Å². The Labute approximate surface area is 135 Å². The summed E-state index contributed by atoms with van der Waals surface area (Å²) < 4.78 is 0. The number of nitrogens with zero attached hydrogens (tertiary/aromatic N) is 1. The summed E-state index contributed by atoms with van der Waals surface area (Å²) >= 11 is 6.12. The van der Waals surface area contributed by atoms with Crippen molar-refractivity contribution in [2.24, 2.45) is 0 Å². The lowest BCUT2D eigenvalue weighted by molar-refractivity contribution is 0.0934. The quantitative estimate of drug-likeness (QED) is 0.863. The summed E-state index contributed by atoms with van der Waals surface area (Å²) in [6.07, 6.45) is 2.50. The molecule has 22 heavy (non-hydrogen) atoms. The van der Waals surface area contributed by atoms with E-state index in [4.69, 9.17) is 11.6 Å². The third-order valence-corrected chi connectivity index (χ3v) is 3.94. The molecule has 1 aromatic carbocycles. The predicted octanol–water partition coefficient (Wildman–Crippen LogP) is 4.32. The monoisotopic (exact) mass is 317 g/mol. The van der Waals surface area contributed by atoms with Crippen LogP contribution in [0, 0.1) is 6.92 Å². The van der Waals surface area contributed by atoms with Crippen molar-refractivity contribution in [3.63, 3.8) is 0 Å². The zero-order valence-electron chi connectivity index (χ0n) is 13.0. The second-order valence-electron chi connectivity index (χ2n) is 5.25. The molecule has 0 aliphatic heterocycles. The minimum Gasteiger partial charge on any atom is -0.355 e. The van der Waals surface area contributed by atoms with Gasteiger partial charge in [0.15, 0.2) is 0 Å². The first-order valence-electron chi connectivity index (χ1n) is 7.30. The molecule has 1 amide bonds. The Kier molecular flexibility index (Phi) is 5.39. The van der Waals surface area contributed by atoms with Crippen molar-refractivity contribution in [2.45, 2.75) is 33.2 Å². The Morgan fingerprint density at radius 3 is 2.86 bits per heavy atom. The highest BCUT2D eigenvalue weighted by atomic mass is 35.5. The standard InChI is InChI=1S/C17H20ClN3O/c1-4-11(2)20-17(22)16-10-13(8-9-19-16)21-15-7-5-6-14(18)12(15)3/h5-11H,4H2,1-3H3,(H,19,21)(H,20,22). The SMILES string of the molecule is CCC(C)NC(=O)c1cc(Nc2cccc(Cl)c2C)ccn1. The van der Waals surface area contributed by atoms with Gasteiger partial charge in [0.2, 0.25) is 0 Å². The predicted molar refractivity (Wildman–Crippen MR) is 90.9 cm³/mol. The fraction of sp³-hybridized carbons (Fsp3) is 0.294. The summed E-state index contributed by atoms with van der Waals surface area (Å²) in [6.45, 7) is 5.94. The molecule has 0 aliphatic carbocycles. The molecule has 1 aromatic heterocycles. The van der Waals surface area contributed by atoms with Crippen molar-refractivity contribution >= 4 is 28.9 Å². The maximum atomic E-state index is 12.1. The molecule has 0 fully saturated rings. The molecule has 0 saturated heterocycles. The number of nitrogens with one attached hydrogen (secondary N) is 2. The summed E-state index contributed by atoms with van der Waals surface area (Å²) in [5.74, 6) is -0.166. The summed E-state index contributed by atoms with van der Waals surface area (Å²) in [6, 6.07) is 9.36. The lowest BCUT2D eigenvalue weighted by Gasteiger charge is -2.13. The molecule has 1 atom stereocenters. The van der Waals surface area contributed by atoms with E-state index in [-0.39, 0.29) is 11.9 Å². The van der Waals surface area contributed by atoms with Gasteiger partial charge < -0.3 is 10.6 Å². The number of halogens is 1. The van der Waals surface area contributed by atoms with Crippen LogP contribution in [0.5, 0.6) is 0 Å². The van der Waals surface area contributed by atoms with Gasteiger partial charge in [-0.3, -0.25) is 9.78 Å². The zero-order chi connectivity index (χ0) is 16.1. The Bertz CT molecular complexity index is 673. The summed E-state index contributed by atoms with van der Waals surface area (Å²) in [5, 5.41) is 6.88. The Morgan fingerprint density at radius 1 is 1.36 bits per heavy atom. The number of rotatable bonds is 5. The van der Waals surface area contributed by atoms with Gasteiger partial charge in [-0.25, -0.2) is 0 Å². The first-order chi connectivity index (χ1) is 10.5. The van der Waals surface area contributed by atoms with Gasteiger partial charge in [0.1, 0.15) is 5.69 Å². The molecule has 4 nitrogen and oxygen atoms in total. The van der Waals surface area contributed by atoms with Crippen LogP contribution in [-0.4, -0.2) is 16.9 Å². The minimum absolute atomic E-state index is 0.126. The maximum absolute atomic E-state index is 12.1. The largest absolute Gasteiger partial charge is 0.355 e. The van der Waals surface area contributed by atoms with Crippen molar-refractivity contribution in [3.8, 4) is 0 Å². The first kappa shape index (κ1) is 16.3. The fourth-order valence-corrected chi connectivity index (χ4v) is 2.11. The summed E-state index contributed by atoms with van der Waals surface area (Å²) in [4.78, 5) is 16.2. The van der Waals surface area contributed by atoms with Crippen LogP contribution in [0.1, 0.15) is 36.3 Å². The molecule has 2 aromatic rings. The summed E-state index contributed by atoms with van der Waals surface area (Å²) in [5.41, 5.74) is 3.07. The number of carbonyl (C=O) groups excluding carboxylic acids is 1. The Morgan fingerprint density at radius 2 is 2.14 bits per heavy atom. The number of aromatic nitrogens is 1. The molecule has 1 unspecified atom stereocenters. The van der Waals surface area contributed by atoms with E-state index in [1.165, 1.54) is 0 Å². The van der Waals surface area contributed by atoms with E-state index in [2.05, 4.69) is 15.6 Å². The smallest absolute Gasteiger partial charge is 0.270 e. The normalized spacial score (nSPS) is 11.8. The number of pyridine rings is 1. The second-order valence-corrected chi connectivity index (χ2v) is 5.66. The number of amides is 1. The number of hydrogen-bond acceptors (Lipinski definition) is 3. The molecule has 1 heterocycles. The Balaban J connectivity index is 2.18. The maximum Gasteiger partial charge on any atom is 0.270 e. The fourth-order valence-electron chi connectivity index (χ4n) is 1.93. The molecule has 0 bridgehead atoms. The van der Waals surface area contributed by atoms with Gasteiger partial charge >= 0.3 is 0 Å². The molecule has 0 spiro atoms. The van der Waals surface area contributed by atoms with Crippen molar-refractivity contribution in [2.75, 3.05) is 5.32 Å². The van der Waals surface area contributed by atoms with Gasteiger partial charge in [0, 0.05) is 28.6 Å². The van der Waals surface area contributed by atoms with Crippen molar-refractivity contribution in [1.29, 1.82) is 0 Å². The molecule has 0 saturated carbocycles. The minimum atomic E-state index is -0.166. The third-order valence-electron chi connectivity index (χ3n) is 3.53. The van der Waals surface area contributed by atoms with Gasteiger partial charge in [0.25, 0.3) is 5.91 Å². The number of hydrogen-bond donors (Lipinski definition) is 2. The van der Waals surface area contributed by atoms with Crippen LogP contribution >= 0.6 is 11.6 Å². The van der Waals surface area contributed by atoms with E-state index in [0.717, 1.165) is 23.4 Å². The third kappa shape index (κ3) is 3.98. The average Bonchev–Trinajstić information content (AvgIpc) is 2.52. The summed E-state index contributed by atoms with van der Waals surface area (Å²) in [7, 11) is 0. The van der Waals surface area contributed by atoms with Gasteiger partial charge in [-0.05, 0) is 50.1 Å². The molecular formula is C17H20ClN3O. The first-order valence-corrected chi connectivity index (χ1v) is 7.68. The number of carbonyl (C=O) groups is 1. The molecule has 5 heteroatoms. The zero-order valence-corrected chi connectivity index (χ0v) is 13.7. The topological polar surface area (TPSA) is 54.0 Å². The number of anilines is 2. The van der Waals surface area contributed by atoms with Crippen LogP contribution in [0.3, 0.4) is 0 Å². The van der Waals surface area contributed by atoms with E-state index < -0.39 is 0 Å². The van der Waals surface area contributed by atoms with E-state index in [1.807, 2.05) is 45.0 Å². The molecular weight excluding hydrogens is 298 g/mol. The molecule has 116 valence electrons. The molecule has 0 radical (unpaired) electrons. The van der Waals surface area contributed by atoms with Crippen molar-refractivity contribution < 1.29 is 4.79 Å². The van der Waals surface area contributed by atoms with Gasteiger partial charge in [-0.2, -0.15) is 0 Å². The lowest BCUT2D eigenvalue weighted by Crippen LogP contribution is -2.32. The van der Waals surface area contributed by atoms with Crippen LogP contribution in [0.4, 0.5) is 11.4 Å². The van der Waals surface area contributed by atoms with E-state index in [1.54, 1.807) is 12.3 Å². The van der Waals surface area contributed by atoms with E-state index >= 15 is 0 Å². The van der Waals surface area contributed by atoms with Crippen molar-refractivity contribution in [1.82, 2.24) is 10.3 Å². The highest BCUT2D eigenvalue weighted by molar-refractivity contribution is 6.31. The molecule has 2 rings (SSSR count). The van der Waals surface area contributed by atoms with Crippen molar-refractivity contribution in [3.05, 3.63) is 52.8 Å². The van der Waals surface area contributed by atoms with Crippen LogP contribution in [0.2, 0.25) is 5.02 Å². The highest BCUT2D eigenvalue weighted by Crippen LogP contribution is 2.26. The van der Waals surface area contributed by atoms with Gasteiger partial charge in [0.05, 0.1) is 0 Å². The van der Waals surface area contributed by atoms with E-state index in [0.29, 0.717) is 10.7 Å².